The van der Waals surface area contributed by atoms with Crippen LogP contribution in [0, 0.1) is 6.92 Å². The first-order chi connectivity index (χ1) is 20.0. The number of Topliss-reactive ketones (excluding diaryl/α,β-unsaturated/α-hetero) is 1. The normalized spacial score (nSPS) is 15.4. The second kappa shape index (κ2) is 11.5. The average molecular weight is 548 g/mol. The number of benzene rings is 2. The molecule has 2 saturated heterocycles. The SMILES string of the molecule is Cc1ccc(C(=O)N2CC(c3ccc(-c4cccnc4N)cc3)C2)cc1CC(=O)c1ccc(N2CCOCC2)nc1. The smallest absolute Gasteiger partial charge is 0.253 e. The van der Waals surface area contributed by atoms with Gasteiger partial charge in [0.2, 0.25) is 0 Å². The van der Waals surface area contributed by atoms with E-state index in [9.17, 15) is 9.59 Å². The number of likely N-dealkylation sites (tertiary alicyclic amines) is 1. The van der Waals surface area contributed by atoms with Gasteiger partial charge >= 0.3 is 0 Å². The summed E-state index contributed by atoms with van der Waals surface area (Å²) in [7, 11) is 0. The van der Waals surface area contributed by atoms with E-state index >= 15 is 0 Å². The highest BCUT2D eigenvalue weighted by atomic mass is 16.5. The second-order valence-corrected chi connectivity index (χ2v) is 10.7. The Bertz CT molecular complexity index is 1560. The summed E-state index contributed by atoms with van der Waals surface area (Å²) in [6, 6.07) is 21.5. The molecular formula is C33H33N5O3. The van der Waals surface area contributed by atoms with Crippen LogP contribution in [0.2, 0.25) is 0 Å². The monoisotopic (exact) mass is 547 g/mol. The summed E-state index contributed by atoms with van der Waals surface area (Å²) in [5.74, 6) is 1.64. The summed E-state index contributed by atoms with van der Waals surface area (Å²) in [5, 5.41) is 0. The Morgan fingerprint density at radius 2 is 1.71 bits per heavy atom. The number of nitrogens with two attached hydrogens (primary N) is 1. The fourth-order valence-corrected chi connectivity index (χ4v) is 5.43. The largest absolute Gasteiger partial charge is 0.383 e. The fraction of sp³-hybridized carbons (Fsp3) is 0.273. The number of carbonyl (C=O) groups is 2. The minimum Gasteiger partial charge on any atom is -0.383 e. The predicted molar refractivity (Wildman–Crippen MR) is 159 cm³/mol. The van der Waals surface area contributed by atoms with Crippen LogP contribution in [0.1, 0.15) is 43.3 Å². The number of ether oxygens (including phenoxy) is 1. The molecule has 2 fully saturated rings. The third kappa shape index (κ3) is 5.69. The Morgan fingerprint density at radius 1 is 0.951 bits per heavy atom. The lowest BCUT2D eigenvalue weighted by molar-refractivity contribution is 0.0602. The number of hydrogen-bond acceptors (Lipinski definition) is 7. The molecule has 2 aliphatic heterocycles. The van der Waals surface area contributed by atoms with E-state index in [1.165, 1.54) is 5.56 Å². The number of hydrogen-bond donors (Lipinski definition) is 1. The molecular weight excluding hydrogens is 514 g/mol. The molecule has 1 amide bonds. The maximum atomic E-state index is 13.3. The van der Waals surface area contributed by atoms with E-state index in [0.717, 1.165) is 41.2 Å². The summed E-state index contributed by atoms with van der Waals surface area (Å²) >= 11 is 0. The summed E-state index contributed by atoms with van der Waals surface area (Å²) in [4.78, 5) is 39.1. The van der Waals surface area contributed by atoms with E-state index in [-0.39, 0.29) is 18.1 Å². The van der Waals surface area contributed by atoms with Crippen molar-refractivity contribution in [3.05, 3.63) is 107 Å². The highest BCUT2D eigenvalue weighted by Crippen LogP contribution is 2.31. The fourth-order valence-electron chi connectivity index (χ4n) is 5.43. The van der Waals surface area contributed by atoms with Crippen LogP contribution in [0.5, 0.6) is 0 Å². The Labute approximate surface area is 239 Å². The minimum absolute atomic E-state index is 0.00812. The molecule has 0 radical (unpaired) electrons. The number of amides is 1. The highest BCUT2D eigenvalue weighted by Gasteiger charge is 2.32. The first kappa shape index (κ1) is 26.7. The Hall–Kier alpha value is -4.56. The van der Waals surface area contributed by atoms with Crippen LogP contribution in [0.3, 0.4) is 0 Å². The number of ketones is 1. The molecule has 0 atom stereocenters. The van der Waals surface area contributed by atoms with Crippen LogP contribution >= 0.6 is 0 Å². The Balaban J connectivity index is 1.07. The zero-order chi connectivity index (χ0) is 28.3. The van der Waals surface area contributed by atoms with Gasteiger partial charge in [0.15, 0.2) is 5.78 Å². The zero-order valence-corrected chi connectivity index (χ0v) is 23.1. The molecule has 8 nitrogen and oxygen atoms in total. The lowest BCUT2D eigenvalue weighted by Gasteiger charge is -2.39. The van der Waals surface area contributed by atoms with Gasteiger partial charge in [0.1, 0.15) is 11.6 Å². The van der Waals surface area contributed by atoms with Crippen molar-refractivity contribution in [3.8, 4) is 11.1 Å². The number of nitrogen functional groups attached to an aromatic ring is 1. The summed E-state index contributed by atoms with van der Waals surface area (Å²) in [6.07, 6.45) is 3.56. The van der Waals surface area contributed by atoms with Gasteiger partial charge in [0, 0.05) is 67.6 Å². The van der Waals surface area contributed by atoms with Gasteiger partial charge in [-0.2, -0.15) is 0 Å². The van der Waals surface area contributed by atoms with Crippen LogP contribution in [0.15, 0.2) is 79.1 Å². The lowest BCUT2D eigenvalue weighted by Crippen LogP contribution is -2.48. The molecule has 6 rings (SSSR count). The molecule has 0 bridgehead atoms. The Morgan fingerprint density at radius 3 is 2.41 bits per heavy atom. The minimum atomic E-state index is -0.0146. The van der Waals surface area contributed by atoms with Gasteiger partial charge in [-0.3, -0.25) is 9.59 Å². The number of anilines is 2. The molecule has 2 N–H and O–H groups in total. The number of aryl methyl sites for hydroxylation is 1. The summed E-state index contributed by atoms with van der Waals surface area (Å²) < 4.78 is 5.40. The molecule has 41 heavy (non-hydrogen) atoms. The van der Waals surface area contributed by atoms with Crippen molar-refractivity contribution in [3.63, 3.8) is 0 Å². The van der Waals surface area contributed by atoms with E-state index in [1.807, 2.05) is 54.3 Å². The second-order valence-electron chi connectivity index (χ2n) is 10.7. The van der Waals surface area contributed by atoms with Crippen molar-refractivity contribution >= 4 is 23.3 Å². The van der Waals surface area contributed by atoms with E-state index in [2.05, 4.69) is 39.1 Å². The summed E-state index contributed by atoms with van der Waals surface area (Å²) in [5.41, 5.74) is 12.2. The molecule has 0 unspecified atom stereocenters. The standard InChI is InChI=1S/C33H33N5O3/c1-22-4-5-25(17-27(22)18-30(39)26-10-11-31(36-19-26)37-13-15-41-16-14-37)33(40)38-20-28(21-38)23-6-8-24(9-7-23)29-3-2-12-35-32(29)34/h2-12,17,19,28H,13-16,18,20-21H2,1H3,(H2,34,35). The molecule has 0 aliphatic carbocycles. The molecule has 208 valence electrons. The number of aromatic nitrogens is 2. The van der Waals surface area contributed by atoms with Gasteiger partial charge in [0.25, 0.3) is 5.91 Å². The van der Waals surface area contributed by atoms with Crippen LogP contribution in [-0.4, -0.2) is 66.0 Å². The number of rotatable bonds is 7. The molecule has 2 aliphatic rings. The topological polar surface area (TPSA) is 102 Å². The molecule has 4 aromatic rings. The van der Waals surface area contributed by atoms with E-state index in [0.29, 0.717) is 49.2 Å². The van der Waals surface area contributed by atoms with Gasteiger partial charge in [0.05, 0.1) is 13.2 Å². The molecule has 0 spiro atoms. The lowest BCUT2D eigenvalue weighted by atomic mass is 9.89. The van der Waals surface area contributed by atoms with Gasteiger partial charge < -0.3 is 20.3 Å². The van der Waals surface area contributed by atoms with Gasteiger partial charge in [-0.1, -0.05) is 30.3 Å². The highest BCUT2D eigenvalue weighted by molar-refractivity contribution is 5.99. The number of carbonyl (C=O) groups excluding carboxylic acids is 2. The van der Waals surface area contributed by atoms with Crippen molar-refractivity contribution in [2.24, 2.45) is 0 Å². The quantitative estimate of drug-likeness (QED) is 0.339. The zero-order valence-electron chi connectivity index (χ0n) is 23.1. The third-order valence-corrected chi connectivity index (χ3v) is 8.05. The van der Waals surface area contributed by atoms with Gasteiger partial charge in [-0.05, 0) is 65.6 Å². The van der Waals surface area contributed by atoms with Crippen molar-refractivity contribution in [2.45, 2.75) is 19.3 Å². The third-order valence-electron chi connectivity index (χ3n) is 8.05. The van der Waals surface area contributed by atoms with Gasteiger partial charge in [-0.25, -0.2) is 9.97 Å². The average Bonchev–Trinajstić information content (AvgIpc) is 2.98. The molecule has 2 aromatic carbocycles. The molecule has 2 aromatic heterocycles. The van der Waals surface area contributed by atoms with Crippen molar-refractivity contribution in [1.82, 2.24) is 14.9 Å². The number of pyridine rings is 2. The van der Waals surface area contributed by atoms with Crippen LogP contribution < -0.4 is 10.6 Å². The maximum absolute atomic E-state index is 13.3. The number of nitrogens with zero attached hydrogens (tertiary/aromatic N) is 4. The van der Waals surface area contributed by atoms with E-state index in [4.69, 9.17) is 10.5 Å². The van der Waals surface area contributed by atoms with Crippen LogP contribution in [0.25, 0.3) is 11.1 Å². The maximum Gasteiger partial charge on any atom is 0.253 e. The summed E-state index contributed by atoms with van der Waals surface area (Å²) in [6.45, 7) is 6.26. The van der Waals surface area contributed by atoms with E-state index < -0.39 is 0 Å². The number of morpholine rings is 1. The van der Waals surface area contributed by atoms with Gasteiger partial charge in [-0.15, -0.1) is 0 Å². The molecule has 4 heterocycles. The first-order valence-corrected chi connectivity index (χ1v) is 14.0. The Kier molecular flexibility index (Phi) is 7.48. The van der Waals surface area contributed by atoms with Crippen molar-refractivity contribution in [1.29, 1.82) is 0 Å². The molecule has 0 saturated carbocycles. The first-order valence-electron chi connectivity index (χ1n) is 14.0. The van der Waals surface area contributed by atoms with Crippen molar-refractivity contribution < 1.29 is 14.3 Å². The predicted octanol–water partition coefficient (Wildman–Crippen LogP) is 4.54. The van der Waals surface area contributed by atoms with E-state index in [1.54, 1.807) is 12.4 Å². The van der Waals surface area contributed by atoms with Crippen LogP contribution in [-0.2, 0) is 11.2 Å². The molecule has 8 heteroatoms. The van der Waals surface area contributed by atoms with Crippen molar-refractivity contribution in [2.75, 3.05) is 50.0 Å². The van der Waals surface area contributed by atoms with Crippen LogP contribution in [0.4, 0.5) is 11.6 Å².